The number of anilines is 1. The van der Waals surface area contributed by atoms with E-state index in [0.717, 1.165) is 35.2 Å². The molecule has 0 bridgehead atoms. The average Bonchev–Trinajstić information content (AvgIpc) is 3.23. The third-order valence-electron chi connectivity index (χ3n) is 5.36. The fourth-order valence-electron chi connectivity index (χ4n) is 3.47. The van der Waals surface area contributed by atoms with Crippen LogP contribution in [0.2, 0.25) is 0 Å². The van der Waals surface area contributed by atoms with Gasteiger partial charge >= 0.3 is 0 Å². The summed E-state index contributed by atoms with van der Waals surface area (Å²) in [5.41, 5.74) is 8.61. The molecule has 5 rings (SSSR count). The van der Waals surface area contributed by atoms with Crippen LogP contribution in [-0.2, 0) is 5.41 Å². The minimum atomic E-state index is -0.366. The van der Waals surface area contributed by atoms with Crippen molar-refractivity contribution < 1.29 is 4.52 Å². The summed E-state index contributed by atoms with van der Waals surface area (Å²) in [4.78, 5) is 17.3. The first kappa shape index (κ1) is 16.5. The number of rotatable bonds is 5. The van der Waals surface area contributed by atoms with Gasteiger partial charge in [0.2, 0.25) is 5.95 Å². The Kier molecular flexibility index (Phi) is 3.68. The number of nitrogens with one attached hydrogen (secondary N) is 1. The molecule has 9 nitrogen and oxygen atoms in total. The van der Waals surface area contributed by atoms with Crippen LogP contribution in [0.3, 0.4) is 0 Å². The predicted molar refractivity (Wildman–Crippen MR) is 101 cm³/mol. The van der Waals surface area contributed by atoms with Crippen molar-refractivity contribution in [1.82, 2.24) is 35.3 Å². The molecule has 0 spiro atoms. The topological polar surface area (TPSA) is 132 Å². The number of nitrogen functional groups attached to an aromatic ring is 1. The zero-order chi connectivity index (χ0) is 19.1. The summed E-state index contributed by atoms with van der Waals surface area (Å²) in [6, 6.07) is 4.02. The van der Waals surface area contributed by atoms with Crippen LogP contribution < -0.4 is 5.73 Å². The first-order valence-corrected chi connectivity index (χ1v) is 9.02. The molecule has 1 fully saturated rings. The molecule has 4 heterocycles. The van der Waals surface area contributed by atoms with Crippen molar-refractivity contribution in [3.05, 3.63) is 54.5 Å². The van der Waals surface area contributed by atoms with E-state index in [2.05, 4.69) is 48.3 Å². The molecule has 4 aromatic rings. The minimum Gasteiger partial charge on any atom is -0.368 e. The van der Waals surface area contributed by atoms with Crippen LogP contribution in [0.5, 0.6) is 0 Å². The quantitative estimate of drug-likeness (QED) is 0.545. The molecule has 1 aliphatic rings. The molecule has 0 aromatic carbocycles. The Hall–Kier alpha value is -3.62. The van der Waals surface area contributed by atoms with E-state index in [0.29, 0.717) is 17.6 Å². The van der Waals surface area contributed by atoms with E-state index in [1.54, 1.807) is 24.8 Å². The highest BCUT2D eigenvalue weighted by atomic mass is 16.5. The normalized spacial score (nSPS) is 16.0. The molecule has 1 saturated carbocycles. The molecule has 9 heteroatoms. The van der Waals surface area contributed by atoms with Gasteiger partial charge in [-0.05, 0) is 37.3 Å². The highest BCUT2D eigenvalue weighted by molar-refractivity contribution is 5.58. The Labute approximate surface area is 160 Å². The van der Waals surface area contributed by atoms with Gasteiger partial charge in [-0.15, -0.1) is 0 Å². The van der Waals surface area contributed by atoms with Crippen molar-refractivity contribution in [1.29, 1.82) is 0 Å². The highest BCUT2D eigenvalue weighted by Crippen LogP contribution is 2.50. The second-order valence-corrected chi connectivity index (χ2v) is 7.15. The van der Waals surface area contributed by atoms with Crippen LogP contribution in [0.1, 0.15) is 31.2 Å². The van der Waals surface area contributed by atoms with Gasteiger partial charge in [0, 0.05) is 30.4 Å². The Morgan fingerprint density at radius 1 is 1.07 bits per heavy atom. The maximum absolute atomic E-state index is 5.56. The van der Waals surface area contributed by atoms with Crippen molar-refractivity contribution >= 4 is 5.95 Å². The molecular weight excluding hydrogens is 356 g/mol. The average molecular weight is 374 g/mol. The smallest absolute Gasteiger partial charge is 0.261 e. The molecule has 0 aliphatic heterocycles. The number of aromatic amines is 1. The number of aromatic nitrogens is 7. The summed E-state index contributed by atoms with van der Waals surface area (Å²) >= 11 is 0. The Morgan fingerprint density at radius 3 is 2.54 bits per heavy atom. The van der Waals surface area contributed by atoms with Crippen molar-refractivity contribution in [2.24, 2.45) is 5.92 Å². The lowest BCUT2D eigenvalue weighted by molar-refractivity contribution is 0.386. The van der Waals surface area contributed by atoms with Crippen molar-refractivity contribution in [3.8, 4) is 22.7 Å². The maximum Gasteiger partial charge on any atom is 0.261 e. The fourth-order valence-corrected chi connectivity index (χ4v) is 3.47. The van der Waals surface area contributed by atoms with Crippen LogP contribution in [0.15, 0.2) is 47.6 Å². The second kappa shape index (κ2) is 6.22. The summed E-state index contributed by atoms with van der Waals surface area (Å²) in [7, 11) is 0. The second-order valence-electron chi connectivity index (χ2n) is 7.15. The van der Waals surface area contributed by atoms with E-state index in [1.807, 2.05) is 12.3 Å². The standard InChI is InChI=1S/C19H18N8O/c1-19(13-2-3-13,17-26-16(28-27-17)12-8-24-25-9-12)14-4-5-15(21-10-14)11-6-22-18(20)23-7-11/h4-10,13H,2-3H2,1H3,(H,24,25)(H2,20,22,23)/t19-/m1/s1. The van der Waals surface area contributed by atoms with Gasteiger partial charge in [0.1, 0.15) is 0 Å². The number of nitrogens with two attached hydrogens (primary N) is 1. The van der Waals surface area contributed by atoms with E-state index in [-0.39, 0.29) is 11.4 Å². The van der Waals surface area contributed by atoms with Gasteiger partial charge in [-0.3, -0.25) is 10.1 Å². The Morgan fingerprint density at radius 2 is 1.89 bits per heavy atom. The minimum absolute atomic E-state index is 0.243. The summed E-state index contributed by atoms with van der Waals surface area (Å²) in [6.07, 6.45) is 10.9. The molecule has 0 unspecified atom stereocenters. The van der Waals surface area contributed by atoms with Gasteiger partial charge in [-0.2, -0.15) is 10.1 Å². The van der Waals surface area contributed by atoms with Gasteiger partial charge in [-0.25, -0.2) is 9.97 Å². The third-order valence-corrected chi connectivity index (χ3v) is 5.36. The molecule has 4 aromatic heterocycles. The maximum atomic E-state index is 5.56. The van der Waals surface area contributed by atoms with Crippen molar-refractivity contribution in [2.75, 3.05) is 5.73 Å². The summed E-state index contributed by atoms with van der Waals surface area (Å²) < 4.78 is 5.49. The lowest BCUT2D eigenvalue weighted by atomic mass is 9.77. The molecule has 0 radical (unpaired) electrons. The van der Waals surface area contributed by atoms with E-state index < -0.39 is 0 Å². The monoisotopic (exact) mass is 374 g/mol. The van der Waals surface area contributed by atoms with Crippen LogP contribution >= 0.6 is 0 Å². The largest absolute Gasteiger partial charge is 0.368 e. The molecule has 0 amide bonds. The van der Waals surface area contributed by atoms with Crippen molar-refractivity contribution in [2.45, 2.75) is 25.2 Å². The van der Waals surface area contributed by atoms with E-state index in [1.165, 1.54) is 0 Å². The number of hydrogen-bond donors (Lipinski definition) is 2. The van der Waals surface area contributed by atoms with Gasteiger partial charge < -0.3 is 10.3 Å². The molecule has 140 valence electrons. The van der Waals surface area contributed by atoms with Gasteiger partial charge in [0.15, 0.2) is 5.82 Å². The van der Waals surface area contributed by atoms with E-state index in [9.17, 15) is 0 Å². The zero-order valence-corrected chi connectivity index (χ0v) is 15.2. The summed E-state index contributed by atoms with van der Waals surface area (Å²) in [6.45, 7) is 2.15. The molecular formula is C19H18N8O. The number of hydrogen-bond acceptors (Lipinski definition) is 8. The molecule has 1 aliphatic carbocycles. The number of pyridine rings is 1. The molecule has 0 saturated heterocycles. The lowest BCUT2D eigenvalue weighted by Gasteiger charge is -2.26. The van der Waals surface area contributed by atoms with Crippen LogP contribution in [0.4, 0.5) is 5.95 Å². The summed E-state index contributed by atoms with van der Waals surface area (Å²) in [5, 5.41) is 11.0. The number of H-pyrrole nitrogens is 1. The van der Waals surface area contributed by atoms with E-state index >= 15 is 0 Å². The van der Waals surface area contributed by atoms with Gasteiger partial charge in [0.05, 0.1) is 22.9 Å². The first-order valence-electron chi connectivity index (χ1n) is 9.02. The van der Waals surface area contributed by atoms with Crippen molar-refractivity contribution in [3.63, 3.8) is 0 Å². The van der Waals surface area contributed by atoms with E-state index in [4.69, 9.17) is 10.3 Å². The third kappa shape index (κ3) is 2.72. The highest BCUT2D eigenvalue weighted by Gasteiger charge is 2.47. The Balaban J connectivity index is 1.50. The SMILES string of the molecule is C[C@@](c1ccc(-c2cnc(N)nc2)nc1)(c1noc(-c2cn[nH]c2)n1)C1CC1. The van der Waals surface area contributed by atoms with Crippen LogP contribution in [-0.4, -0.2) is 35.3 Å². The van der Waals surface area contributed by atoms with Crippen LogP contribution in [0, 0.1) is 5.92 Å². The lowest BCUT2D eigenvalue weighted by Crippen LogP contribution is -2.28. The first-order chi connectivity index (χ1) is 13.6. The van der Waals surface area contributed by atoms with Crippen LogP contribution in [0.25, 0.3) is 22.7 Å². The molecule has 1 atom stereocenters. The van der Waals surface area contributed by atoms with Gasteiger partial charge in [-0.1, -0.05) is 11.2 Å². The zero-order valence-electron chi connectivity index (χ0n) is 15.2. The fraction of sp³-hybridized carbons (Fsp3) is 0.263. The summed E-state index contributed by atoms with van der Waals surface area (Å²) in [5.74, 6) is 1.82. The Bertz CT molecular complexity index is 1080. The predicted octanol–water partition coefficient (Wildman–Crippen LogP) is 2.61. The molecule has 28 heavy (non-hydrogen) atoms. The van der Waals surface area contributed by atoms with Gasteiger partial charge in [0.25, 0.3) is 5.89 Å². The molecule has 3 N–H and O–H groups in total. The number of nitrogens with zero attached hydrogens (tertiary/aromatic N) is 6.